The van der Waals surface area contributed by atoms with Crippen molar-refractivity contribution in [1.29, 1.82) is 0 Å². The lowest BCUT2D eigenvalue weighted by Crippen LogP contribution is -2.31. The molecule has 0 aliphatic heterocycles. The van der Waals surface area contributed by atoms with E-state index in [1.807, 2.05) is 35.9 Å². The van der Waals surface area contributed by atoms with Gasteiger partial charge in [-0.15, -0.1) is 0 Å². The molecule has 22 heavy (non-hydrogen) atoms. The smallest absolute Gasteiger partial charge is 0.335 e. The third-order valence-corrected chi connectivity index (χ3v) is 3.09. The number of benzene rings is 1. The van der Waals surface area contributed by atoms with Crippen molar-refractivity contribution >= 4 is 29.5 Å². The van der Waals surface area contributed by atoms with Crippen molar-refractivity contribution in [1.82, 2.24) is 15.3 Å². The number of aromatic carboxylic acids is 1. The number of hydrazone groups is 1. The van der Waals surface area contributed by atoms with Gasteiger partial charge in [0.1, 0.15) is 0 Å². The summed E-state index contributed by atoms with van der Waals surface area (Å²) in [5.74, 6) is -0.957. The summed E-state index contributed by atoms with van der Waals surface area (Å²) in [5, 5.41) is 16.5. The number of carbonyl (C=O) groups is 1. The highest BCUT2D eigenvalue weighted by Gasteiger charge is 2.06. The molecule has 0 saturated carbocycles. The summed E-state index contributed by atoms with van der Waals surface area (Å²) < 4.78 is 1.84. The third-order valence-electron chi connectivity index (χ3n) is 2.85. The molecule has 0 bridgehead atoms. The fraction of sp³-hybridized carbons (Fsp3) is 0.133. The highest BCUT2D eigenvalue weighted by molar-refractivity contribution is 7.80. The topological polar surface area (TPSA) is 78.7 Å². The van der Waals surface area contributed by atoms with Crippen LogP contribution in [0.1, 0.15) is 23.0 Å². The molecule has 1 heterocycles. The van der Waals surface area contributed by atoms with E-state index in [9.17, 15) is 4.79 Å². The number of carboxylic acids is 1. The largest absolute Gasteiger partial charge is 0.478 e. The van der Waals surface area contributed by atoms with Crippen LogP contribution in [0.15, 0.2) is 47.7 Å². The maximum atomic E-state index is 11.0. The summed E-state index contributed by atoms with van der Waals surface area (Å²) in [5.41, 5.74) is 4.50. The molecule has 6 nitrogen and oxygen atoms in total. The fourth-order valence-electron chi connectivity index (χ4n) is 1.88. The number of carboxylic acid groups (broad SMARTS) is 1. The fourth-order valence-corrected chi connectivity index (χ4v) is 2.08. The number of hydrogen-bond donors (Lipinski definition) is 3. The first-order valence-electron chi connectivity index (χ1n) is 6.70. The second-order valence-electron chi connectivity index (χ2n) is 4.39. The molecule has 2 aromatic rings. The van der Waals surface area contributed by atoms with Crippen LogP contribution in [0.25, 0.3) is 5.69 Å². The third kappa shape index (κ3) is 3.92. The van der Waals surface area contributed by atoms with E-state index in [2.05, 4.69) is 15.8 Å². The second kappa shape index (κ2) is 7.37. The molecule has 0 unspecified atom stereocenters. The van der Waals surface area contributed by atoms with Gasteiger partial charge >= 0.3 is 5.97 Å². The predicted octanol–water partition coefficient (Wildman–Crippen LogP) is 1.99. The first-order valence-corrected chi connectivity index (χ1v) is 7.10. The van der Waals surface area contributed by atoms with Crippen molar-refractivity contribution in [3.05, 3.63) is 53.9 Å². The van der Waals surface area contributed by atoms with Crippen molar-refractivity contribution < 1.29 is 9.90 Å². The first kappa shape index (κ1) is 15.7. The number of nitrogens with one attached hydrogen (secondary N) is 2. The van der Waals surface area contributed by atoms with Crippen LogP contribution in [0.5, 0.6) is 0 Å². The van der Waals surface area contributed by atoms with Gasteiger partial charge < -0.3 is 15.0 Å². The number of nitrogens with zero attached hydrogens (tertiary/aromatic N) is 2. The number of hydrogen-bond acceptors (Lipinski definition) is 3. The molecule has 7 heteroatoms. The lowest BCUT2D eigenvalue weighted by Gasteiger charge is -2.07. The van der Waals surface area contributed by atoms with E-state index in [0.29, 0.717) is 5.11 Å². The Hall–Kier alpha value is -2.67. The Balaban J connectivity index is 2.19. The van der Waals surface area contributed by atoms with Gasteiger partial charge in [0.05, 0.1) is 17.5 Å². The maximum Gasteiger partial charge on any atom is 0.335 e. The molecule has 2 rings (SSSR count). The Morgan fingerprint density at radius 3 is 2.95 bits per heavy atom. The maximum absolute atomic E-state index is 11.0. The molecule has 0 spiro atoms. The summed E-state index contributed by atoms with van der Waals surface area (Å²) in [6, 6.07) is 10.4. The highest BCUT2D eigenvalue weighted by Crippen LogP contribution is 2.13. The summed E-state index contributed by atoms with van der Waals surface area (Å²) in [6.07, 6.45) is 3.46. The summed E-state index contributed by atoms with van der Waals surface area (Å²) >= 11 is 5.01. The van der Waals surface area contributed by atoms with Crippen molar-refractivity contribution in [2.45, 2.75) is 6.92 Å². The molecule has 1 aromatic heterocycles. The average Bonchev–Trinajstić information content (AvgIpc) is 2.96. The molecule has 0 fully saturated rings. The van der Waals surface area contributed by atoms with Crippen molar-refractivity contribution in [3.8, 4) is 5.69 Å². The SMILES string of the molecule is CCNC(=S)N/N=C\c1cccn1-c1cccc(C(=O)O)c1. The molecular formula is C15H16N4O2S. The van der Waals surface area contributed by atoms with E-state index in [1.54, 1.807) is 24.4 Å². The highest BCUT2D eigenvalue weighted by atomic mass is 32.1. The van der Waals surface area contributed by atoms with E-state index in [1.165, 1.54) is 0 Å². The minimum Gasteiger partial charge on any atom is -0.478 e. The van der Waals surface area contributed by atoms with Gasteiger partial charge in [0.2, 0.25) is 0 Å². The molecule has 0 saturated heterocycles. The van der Waals surface area contributed by atoms with Gasteiger partial charge in [-0.25, -0.2) is 4.79 Å². The molecule has 0 radical (unpaired) electrons. The second-order valence-corrected chi connectivity index (χ2v) is 4.80. The van der Waals surface area contributed by atoms with Crippen LogP contribution in [0, 0.1) is 0 Å². The van der Waals surface area contributed by atoms with Crippen LogP contribution >= 0.6 is 12.2 Å². The Morgan fingerprint density at radius 1 is 1.41 bits per heavy atom. The zero-order valence-electron chi connectivity index (χ0n) is 12.0. The van der Waals surface area contributed by atoms with Crippen LogP contribution < -0.4 is 10.7 Å². The standard InChI is InChI=1S/C15H16N4O2S/c1-2-16-15(22)18-17-10-13-7-4-8-19(13)12-6-3-5-11(9-12)14(20)21/h3-10H,2H2,1H3,(H,20,21)(H2,16,18,22)/b17-10-. The number of thiocarbonyl (C=S) groups is 1. The van der Waals surface area contributed by atoms with Crippen molar-refractivity contribution in [2.24, 2.45) is 5.10 Å². The van der Waals surface area contributed by atoms with E-state index < -0.39 is 5.97 Å². The van der Waals surface area contributed by atoms with Gasteiger partial charge in [-0.3, -0.25) is 5.43 Å². The molecule has 0 aliphatic rings. The first-order chi connectivity index (χ1) is 10.6. The van der Waals surface area contributed by atoms with E-state index in [-0.39, 0.29) is 5.56 Å². The Morgan fingerprint density at radius 2 is 2.23 bits per heavy atom. The minimum absolute atomic E-state index is 0.237. The van der Waals surface area contributed by atoms with Gasteiger partial charge in [0, 0.05) is 18.4 Å². The van der Waals surface area contributed by atoms with Gasteiger partial charge in [0.15, 0.2) is 5.11 Å². The molecule has 0 amide bonds. The molecule has 114 valence electrons. The van der Waals surface area contributed by atoms with Crippen LogP contribution in [-0.2, 0) is 0 Å². The molecule has 1 aromatic carbocycles. The summed E-state index contributed by atoms with van der Waals surface area (Å²) in [7, 11) is 0. The van der Waals surface area contributed by atoms with Gasteiger partial charge in [0.25, 0.3) is 0 Å². The number of aromatic nitrogens is 1. The van der Waals surface area contributed by atoms with Crippen LogP contribution in [-0.4, -0.2) is 33.5 Å². The van der Waals surface area contributed by atoms with Gasteiger partial charge in [-0.2, -0.15) is 5.10 Å². The van der Waals surface area contributed by atoms with E-state index >= 15 is 0 Å². The Labute approximate surface area is 133 Å². The van der Waals surface area contributed by atoms with E-state index in [4.69, 9.17) is 17.3 Å². The predicted molar refractivity (Wildman–Crippen MR) is 89.7 cm³/mol. The lowest BCUT2D eigenvalue weighted by atomic mass is 10.2. The van der Waals surface area contributed by atoms with Crippen LogP contribution in [0.4, 0.5) is 0 Å². The summed E-state index contributed by atoms with van der Waals surface area (Å²) in [4.78, 5) is 11.0. The van der Waals surface area contributed by atoms with E-state index in [0.717, 1.165) is 17.9 Å². The monoisotopic (exact) mass is 316 g/mol. The molecule has 0 aliphatic carbocycles. The van der Waals surface area contributed by atoms with Gasteiger partial charge in [-0.1, -0.05) is 6.07 Å². The zero-order chi connectivity index (χ0) is 15.9. The Kier molecular flexibility index (Phi) is 5.26. The van der Waals surface area contributed by atoms with Crippen molar-refractivity contribution in [2.75, 3.05) is 6.54 Å². The van der Waals surface area contributed by atoms with Gasteiger partial charge in [-0.05, 0) is 49.5 Å². The number of rotatable bonds is 5. The van der Waals surface area contributed by atoms with Crippen LogP contribution in [0.3, 0.4) is 0 Å². The normalized spacial score (nSPS) is 10.6. The quantitative estimate of drug-likeness (QED) is 0.447. The zero-order valence-corrected chi connectivity index (χ0v) is 12.8. The average molecular weight is 316 g/mol. The molecular weight excluding hydrogens is 300 g/mol. The van der Waals surface area contributed by atoms with Crippen LogP contribution in [0.2, 0.25) is 0 Å². The Bertz CT molecular complexity index is 709. The molecule has 3 N–H and O–H groups in total. The molecule has 0 atom stereocenters. The van der Waals surface area contributed by atoms with Crippen molar-refractivity contribution in [3.63, 3.8) is 0 Å². The summed E-state index contributed by atoms with van der Waals surface area (Å²) in [6.45, 7) is 2.66. The minimum atomic E-state index is -0.957. The lowest BCUT2D eigenvalue weighted by molar-refractivity contribution is 0.0697.